The van der Waals surface area contributed by atoms with Crippen LogP contribution in [0.5, 0.6) is 5.75 Å². The zero-order chi connectivity index (χ0) is 13.8. The molecule has 1 fully saturated rings. The zero-order valence-electron chi connectivity index (χ0n) is 11.9. The van der Waals surface area contributed by atoms with Gasteiger partial charge in [-0.1, -0.05) is 61.7 Å². The van der Waals surface area contributed by atoms with Gasteiger partial charge in [0.15, 0.2) is 0 Å². The van der Waals surface area contributed by atoms with Crippen molar-refractivity contribution in [3.8, 4) is 5.75 Å². The average Bonchev–Trinajstić information content (AvgIpc) is 2.51. The quantitative estimate of drug-likeness (QED) is 0.826. The van der Waals surface area contributed by atoms with Gasteiger partial charge >= 0.3 is 0 Å². The first-order chi connectivity index (χ1) is 9.84. The van der Waals surface area contributed by atoms with E-state index in [-0.39, 0.29) is 0 Å². The minimum atomic E-state index is 0.408. The number of para-hydroxylation sites is 1. The van der Waals surface area contributed by atoms with Crippen LogP contribution in [0.3, 0.4) is 0 Å². The smallest absolute Gasteiger partial charge is 0.119 e. The second-order valence-corrected chi connectivity index (χ2v) is 5.84. The molecule has 0 heterocycles. The van der Waals surface area contributed by atoms with Gasteiger partial charge in [0.1, 0.15) is 5.75 Å². The summed E-state index contributed by atoms with van der Waals surface area (Å²) in [6.07, 6.45) is 7.57. The minimum absolute atomic E-state index is 0.408. The molecule has 0 saturated heterocycles. The van der Waals surface area contributed by atoms with Gasteiger partial charge in [0.2, 0.25) is 0 Å². The summed E-state index contributed by atoms with van der Waals surface area (Å²) in [5.74, 6) is 1.12. The van der Waals surface area contributed by atoms with Crippen LogP contribution in [-0.2, 0) is 6.42 Å². The normalized spacial score (nSPS) is 16.2. The Morgan fingerprint density at radius 1 is 0.800 bits per heavy atom. The Kier molecular flexibility index (Phi) is 4.05. The van der Waals surface area contributed by atoms with E-state index in [1.807, 2.05) is 18.2 Å². The molecule has 0 aromatic heterocycles. The maximum absolute atomic E-state index is 9.97. The maximum atomic E-state index is 9.97. The Morgan fingerprint density at radius 2 is 1.45 bits per heavy atom. The Balaban J connectivity index is 1.88. The minimum Gasteiger partial charge on any atom is -0.508 e. The first kappa shape index (κ1) is 13.2. The van der Waals surface area contributed by atoms with Crippen molar-refractivity contribution in [1.82, 2.24) is 0 Å². The zero-order valence-corrected chi connectivity index (χ0v) is 11.9. The van der Waals surface area contributed by atoms with E-state index in [9.17, 15) is 5.11 Å². The van der Waals surface area contributed by atoms with Crippen molar-refractivity contribution in [2.45, 2.75) is 44.4 Å². The Labute approximate surface area is 121 Å². The van der Waals surface area contributed by atoms with Crippen LogP contribution in [-0.4, -0.2) is 5.11 Å². The number of hydrogen-bond acceptors (Lipinski definition) is 1. The Hall–Kier alpha value is -1.76. The largest absolute Gasteiger partial charge is 0.508 e. The third kappa shape index (κ3) is 2.87. The lowest BCUT2D eigenvalue weighted by atomic mass is 9.81. The molecule has 1 aliphatic rings. The molecule has 0 amide bonds. The summed E-state index contributed by atoms with van der Waals surface area (Å²) in [6.45, 7) is 0. The molecule has 0 spiro atoms. The SMILES string of the molecule is Oc1ccccc1Cc1ccccc1C1CCCCC1. The fraction of sp³-hybridized carbons (Fsp3) is 0.368. The number of phenols is 1. The van der Waals surface area contributed by atoms with Gasteiger partial charge in [0.25, 0.3) is 0 Å². The molecule has 0 radical (unpaired) electrons. The van der Waals surface area contributed by atoms with Crippen LogP contribution in [0.1, 0.15) is 54.7 Å². The molecule has 2 aromatic rings. The number of aromatic hydroxyl groups is 1. The summed E-state index contributed by atoms with van der Waals surface area (Å²) < 4.78 is 0. The predicted octanol–water partition coefficient (Wildman–Crippen LogP) is 5.03. The lowest BCUT2D eigenvalue weighted by molar-refractivity contribution is 0.441. The van der Waals surface area contributed by atoms with Crippen LogP contribution in [0.25, 0.3) is 0 Å². The van der Waals surface area contributed by atoms with Crippen LogP contribution in [0.2, 0.25) is 0 Å². The molecule has 0 bridgehead atoms. The van der Waals surface area contributed by atoms with Crippen LogP contribution < -0.4 is 0 Å². The first-order valence-corrected chi connectivity index (χ1v) is 7.69. The highest BCUT2D eigenvalue weighted by Gasteiger charge is 2.18. The highest BCUT2D eigenvalue weighted by atomic mass is 16.3. The van der Waals surface area contributed by atoms with E-state index in [1.54, 1.807) is 6.07 Å². The highest BCUT2D eigenvalue weighted by molar-refractivity contribution is 5.40. The average molecular weight is 266 g/mol. The third-order valence-electron chi connectivity index (χ3n) is 4.47. The van der Waals surface area contributed by atoms with E-state index < -0.39 is 0 Å². The van der Waals surface area contributed by atoms with Gasteiger partial charge in [-0.05, 0) is 41.5 Å². The topological polar surface area (TPSA) is 20.2 Å². The van der Waals surface area contributed by atoms with Gasteiger partial charge in [-0.3, -0.25) is 0 Å². The van der Waals surface area contributed by atoms with Gasteiger partial charge in [-0.15, -0.1) is 0 Å². The van der Waals surface area contributed by atoms with E-state index in [1.165, 1.54) is 43.2 Å². The van der Waals surface area contributed by atoms with E-state index in [2.05, 4.69) is 24.3 Å². The molecule has 0 atom stereocenters. The van der Waals surface area contributed by atoms with E-state index >= 15 is 0 Å². The van der Waals surface area contributed by atoms with Crippen molar-refractivity contribution in [2.75, 3.05) is 0 Å². The lowest BCUT2D eigenvalue weighted by Gasteiger charge is -2.24. The van der Waals surface area contributed by atoms with Crippen molar-refractivity contribution in [3.05, 3.63) is 65.2 Å². The van der Waals surface area contributed by atoms with E-state index in [0.29, 0.717) is 11.7 Å². The molecule has 0 unspecified atom stereocenters. The van der Waals surface area contributed by atoms with Crippen molar-refractivity contribution in [1.29, 1.82) is 0 Å². The predicted molar refractivity (Wildman–Crippen MR) is 83.2 cm³/mol. The van der Waals surface area contributed by atoms with Crippen LogP contribution >= 0.6 is 0 Å². The van der Waals surface area contributed by atoms with E-state index in [0.717, 1.165) is 12.0 Å². The standard InChI is InChI=1S/C19H22O/c20-19-13-7-5-11-17(19)14-16-10-4-6-12-18(16)15-8-2-1-3-9-15/h4-7,10-13,15,20H,1-3,8-9,14H2. The fourth-order valence-corrected chi connectivity index (χ4v) is 3.37. The van der Waals surface area contributed by atoms with Gasteiger partial charge in [0.05, 0.1) is 0 Å². The number of rotatable bonds is 3. The van der Waals surface area contributed by atoms with Crippen molar-refractivity contribution in [3.63, 3.8) is 0 Å². The molecule has 2 aromatic carbocycles. The number of hydrogen-bond donors (Lipinski definition) is 1. The highest BCUT2D eigenvalue weighted by Crippen LogP contribution is 2.35. The summed E-state index contributed by atoms with van der Waals surface area (Å²) >= 11 is 0. The molecule has 1 saturated carbocycles. The molecule has 104 valence electrons. The molecule has 20 heavy (non-hydrogen) atoms. The van der Waals surface area contributed by atoms with Crippen molar-refractivity contribution < 1.29 is 5.11 Å². The molecule has 0 aliphatic heterocycles. The van der Waals surface area contributed by atoms with Crippen molar-refractivity contribution in [2.24, 2.45) is 0 Å². The number of benzene rings is 2. The Morgan fingerprint density at radius 3 is 2.20 bits per heavy atom. The molecule has 1 N–H and O–H groups in total. The molecule has 1 aliphatic carbocycles. The van der Waals surface area contributed by atoms with Gasteiger partial charge in [-0.25, -0.2) is 0 Å². The molecule has 1 heteroatoms. The summed E-state index contributed by atoms with van der Waals surface area (Å²) in [4.78, 5) is 0. The summed E-state index contributed by atoms with van der Waals surface area (Å²) in [6, 6.07) is 16.4. The Bertz CT molecular complexity index is 567. The maximum Gasteiger partial charge on any atom is 0.119 e. The van der Waals surface area contributed by atoms with Crippen LogP contribution in [0.15, 0.2) is 48.5 Å². The van der Waals surface area contributed by atoms with Gasteiger partial charge < -0.3 is 5.11 Å². The molecular weight excluding hydrogens is 244 g/mol. The third-order valence-corrected chi connectivity index (χ3v) is 4.47. The first-order valence-electron chi connectivity index (χ1n) is 7.69. The van der Waals surface area contributed by atoms with Crippen LogP contribution in [0.4, 0.5) is 0 Å². The second-order valence-electron chi connectivity index (χ2n) is 5.84. The van der Waals surface area contributed by atoms with Gasteiger partial charge in [-0.2, -0.15) is 0 Å². The summed E-state index contributed by atoms with van der Waals surface area (Å²) in [7, 11) is 0. The van der Waals surface area contributed by atoms with E-state index in [4.69, 9.17) is 0 Å². The lowest BCUT2D eigenvalue weighted by Crippen LogP contribution is -2.07. The monoisotopic (exact) mass is 266 g/mol. The van der Waals surface area contributed by atoms with Gasteiger partial charge in [0, 0.05) is 6.42 Å². The summed E-state index contributed by atoms with van der Waals surface area (Å²) in [5.41, 5.74) is 3.90. The second kappa shape index (κ2) is 6.13. The molecule has 3 rings (SSSR count). The number of phenolic OH excluding ortho intramolecular Hbond substituents is 1. The van der Waals surface area contributed by atoms with Crippen molar-refractivity contribution >= 4 is 0 Å². The molecular formula is C19H22O. The van der Waals surface area contributed by atoms with Crippen LogP contribution in [0, 0.1) is 0 Å². The fourth-order valence-electron chi connectivity index (χ4n) is 3.37. The molecule has 1 nitrogen and oxygen atoms in total. The summed E-state index contributed by atoms with van der Waals surface area (Å²) in [5, 5.41) is 9.97.